The molecule has 12 aliphatic rings. The molecule has 6 bridgehead atoms. The van der Waals surface area contributed by atoms with Crippen LogP contribution in [-0.2, 0) is 47.4 Å². The molecule has 12 saturated heterocycles. The van der Waals surface area contributed by atoms with Crippen molar-refractivity contribution in [2.75, 3.05) is 227 Å². The second-order valence-electron chi connectivity index (χ2n) is 31.7. The Hall–Kier alpha value is -10.7. The Kier molecular flexibility index (Phi) is 26.9. The first kappa shape index (κ1) is 86.8. The molecule has 0 aliphatic carbocycles. The van der Waals surface area contributed by atoms with E-state index in [1.165, 1.54) is 36.9 Å². The monoisotopic (exact) mass is 1740 g/mol. The summed E-state index contributed by atoms with van der Waals surface area (Å²) in [4.78, 5) is 87.7. The fourth-order valence-electron chi connectivity index (χ4n) is 16.6. The highest BCUT2D eigenvalue weighted by atomic mass is 19.3. The summed E-state index contributed by atoms with van der Waals surface area (Å²) in [6.45, 7) is 21.1. The minimum Gasteiger partial charge on any atom is -0.384 e. The molecular weight excluding hydrogens is 1640 g/mol. The number of anilines is 12. The Morgan fingerprint density at radius 2 is 0.621 bits per heavy atom. The van der Waals surface area contributed by atoms with Crippen LogP contribution in [0.2, 0.25) is 0 Å². The zero-order chi connectivity index (χ0) is 86.6. The maximum absolute atomic E-state index is 13.8. The minimum atomic E-state index is -2.76. The van der Waals surface area contributed by atoms with Gasteiger partial charge in [0, 0.05) is 129 Å². The zero-order valence-electron chi connectivity index (χ0n) is 68.8. The number of piperidine rings is 1. The number of rotatable bonds is 18. The summed E-state index contributed by atoms with van der Waals surface area (Å²) in [7, 11) is 1.61. The highest BCUT2D eigenvalue weighted by molar-refractivity contribution is 5.69. The number of ether oxygens (including phenoxy) is 10. The Labute approximate surface area is 707 Å². The molecule has 8 N–H and O–H groups in total. The minimum absolute atomic E-state index is 0.00805. The highest BCUT2D eigenvalue weighted by Gasteiger charge is 2.46. The van der Waals surface area contributed by atoms with E-state index in [1.807, 2.05) is 57.1 Å². The summed E-state index contributed by atoms with van der Waals surface area (Å²) in [5.41, 5.74) is 22.1. The Morgan fingerprint density at radius 3 is 0.935 bits per heavy atom. The van der Waals surface area contributed by atoms with E-state index in [2.05, 4.69) is 74.6 Å². The molecule has 46 heteroatoms. The number of morpholine rings is 9. The van der Waals surface area contributed by atoms with Crippen molar-refractivity contribution in [1.82, 2.24) is 79.7 Å². The van der Waals surface area contributed by atoms with Crippen LogP contribution in [0.1, 0.15) is 88.5 Å². The highest BCUT2D eigenvalue weighted by Crippen LogP contribution is 2.42. The molecule has 20 heterocycles. The molecule has 124 heavy (non-hydrogen) atoms. The lowest BCUT2D eigenvalue weighted by Crippen LogP contribution is -2.64. The largest absolute Gasteiger partial charge is 0.384 e. The first-order valence-electron chi connectivity index (χ1n) is 41.1. The molecule has 0 aromatic carbocycles. The number of nitrogens with two attached hydrogens (primary N) is 4. The second kappa shape index (κ2) is 38.4. The molecule has 38 nitrogen and oxygen atoms in total. The normalized spacial score (nSPS) is 25.0. The van der Waals surface area contributed by atoms with E-state index in [9.17, 15) is 35.1 Å². The third kappa shape index (κ3) is 19.2. The van der Waals surface area contributed by atoms with Crippen molar-refractivity contribution in [3.63, 3.8) is 0 Å². The van der Waals surface area contributed by atoms with Crippen LogP contribution < -0.4 is 62.1 Å². The van der Waals surface area contributed by atoms with Gasteiger partial charge >= 0.3 is 0 Å². The second-order valence-corrected chi connectivity index (χ2v) is 31.7. The predicted molar refractivity (Wildman–Crippen MR) is 437 cm³/mol. The van der Waals surface area contributed by atoms with Gasteiger partial charge in [-0.15, -0.1) is 0 Å². The van der Waals surface area contributed by atoms with Crippen molar-refractivity contribution in [2.45, 2.75) is 133 Å². The van der Waals surface area contributed by atoms with E-state index in [1.54, 1.807) is 7.11 Å². The van der Waals surface area contributed by atoms with Crippen molar-refractivity contribution in [1.29, 1.82) is 0 Å². The number of hydrogen-bond acceptors (Lipinski definition) is 38. The van der Waals surface area contributed by atoms with E-state index in [0.29, 0.717) is 206 Å². The number of methoxy groups -OCH3 is 1. The summed E-state index contributed by atoms with van der Waals surface area (Å²) in [6.07, 6.45) is -3.42. The average Bonchev–Trinajstić information content (AvgIpc) is 1.04. The lowest BCUT2D eigenvalue weighted by atomic mass is 9.92. The van der Waals surface area contributed by atoms with Crippen LogP contribution in [0.5, 0.6) is 0 Å². The quantitative estimate of drug-likeness (QED) is 0.0702. The number of nitrogen functional groups attached to an aromatic ring is 4. The first-order valence-corrected chi connectivity index (χ1v) is 41.1. The molecule has 0 amide bonds. The van der Waals surface area contributed by atoms with Gasteiger partial charge in [-0.25, -0.2) is 55.1 Å². The molecule has 8 aromatic heterocycles. The Balaban J connectivity index is 0.000000122. The smallest absolute Gasteiger partial charge is 0.264 e. The van der Waals surface area contributed by atoms with Gasteiger partial charge in [0.05, 0.1) is 179 Å². The van der Waals surface area contributed by atoms with E-state index in [4.69, 9.17) is 85.3 Å². The summed E-state index contributed by atoms with van der Waals surface area (Å²) in [5.74, 6) is 4.13. The maximum atomic E-state index is 13.8. The van der Waals surface area contributed by atoms with Gasteiger partial charge < -0.3 is 110 Å². The number of fused-ring (bicyclic) bond motifs is 6. The summed E-state index contributed by atoms with van der Waals surface area (Å²) >= 11 is 0. The van der Waals surface area contributed by atoms with Gasteiger partial charge in [-0.1, -0.05) is 0 Å². The molecule has 9 atom stereocenters. The lowest BCUT2D eigenvalue weighted by molar-refractivity contribution is -0.133. The molecule has 666 valence electrons. The molecule has 0 saturated carbocycles. The topological polar surface area (TPSA) is 429 Å². The molecule has 0 spiro atoms. The van der Waals surface area contributed by atoms with Crippen LogP contribution in [0.25, 0.3) is 45.6 Å². The van der Waals surface area contributed by atoms with Gasteiger partial charge in [-0.05, 0) is 58.4 Å². The van der Waals surface area contributed by atoms with Crippen LogP contribution in [-0.4, -0.2) is 312 Å². The van der Waals surface area contributed by atoms with Gasteiger partial charge in [0.15, 0.2) is 23.3 Å². The molecule has 4 unspecified atom stereocenters. The van der Waals surface area contributed by atoms with Crippen molar-refractivity contribution in [3.8, 4) is 45.6 Å². The van der Waals surface area contributed by atoms with Crippen molar-refractivity contribution in [3.05, 3.63) is 71.3 Å². The SMILES string of the molecule is COC[C@@H]1COCCN1c1nc(-c2cnc(N)cc2C(F)F)nc(N2CCOC[C@H]2C)n1.C[C@@H]1COCCN1c1nc(-c2cnc(N)cc2C(F)F)nc(N2C3COCC2C3)n1.C[C@@H]1COCCN1c1nc(-c2cnc(N)cc2C(F)F)nc(N2C3COCC2COC3)n1.C[C@@H]1COCCN1c1nc(-c2cnc(N)cc2C(F)F)nc(N2CC3CC(C2)O3)n1. The summed E-state index contributed by atoms with van der Waals surface area (Å²) in [6, 6.07) is 4.96. The predicted octanol–water partition coefficient (Wildman–Crippen LogP) is 6.12. The summed E-state index contributed by atoms with van der Waals surface area (Å²) in [5, 5.41) is 0. The number of nitrogens with zero attached hydrogens (tertiary/aromatic N) is 24. The van der Waals surface area contributed by atoms with Crippen LogP contribution in [0.4, 0.5) is 106 Å². The van der Waals surface area contributed by atoms with Gasteiger partial charge in [0.1, 0.15) is 23.3 Å². The molecule has 12 aliphatic heterocycles. The van der Waals surface area contributed by atoms with Gasteiger partial charge in [0.25, 0.3) is 25.7 Å². The average molecular weight is 1740 g/mol. The first-order chi connectivity index (χ1) is 60.0. The lowest BCUT2D eigenvalue weighted by Gasteiger charge is -2.52. The van der Waals surface area contributed by atoms with Crippen LogP contribution in [0, 0.1) is 0 Å². The molecule has 20 rings (SSSR count). The third-order valence-electron chi connectivity index (χ3n) is 23.0. The van der Waals surface area contributed by atoms with Crippen molar-refractivity contribution >= 4 is 70.9 Å². The molecule has 0 radical (unpaired) electrons. The van der Waals surface area contributed by atoms with Crippen molar-refractivity contribution < 1.29 is 82.5 Å². The molecule has 12 fully saturated rings. The number of alkyl halides is 8. The van der Waals surface area contributed by atoms with Crippen LogP contribution in [0.3, 0.4) is 0 Å². The number of pyridine rings is 4. The fourth-order valence-corrected chi connectivity index (χ4v) is 16.6. The molecular formula is C78H98F8N28O10. The van der Waals surface area contributed by atoms with Crippen molar-refractivity contribution in [2.24, 2.45) is 0 Å². The van der Waals surface area contributed by atoms with E-state index >= 15 is 0 Å². The summed E-state index contributed by atoms with van der Waals surface area (Å²) < 4.78 is 166. The number of hydrogen-bond donors (Lipinski definition) is 4. The fraction of sp³-hybridized carbons (Fsp3) is 0.590. The van der Waals surface area contributed by atoms with Crippen LogP contribution in [0.15, 0.2) is 49.1 Å². The standard InChI is InChI=1S/C20H25F2N7O3.C20H27F2N7O3.2C19H23F2N7O2/c1-11-6-30-3-2-28(11)19-25-18(15-5-24-16(23)4-14(15)17(21)22)26-20(27-19)29-12-7-31-9-13(29)10-32-8-12;1-12-9-31-5-3-28(12)19-25-18(15-8-24-16(23)7-14(15)17(21)22)26-20(27-19)29-4-6-32-11-13(29)10-30-2;1-10-9-29-3-2-28(10)19-25-17(14-6-23-15(22)5-13(14)16(20)21)24-18(26-19)27-7-11-4-12(8-27)30-11;1-10-7-29-3-2-27(10)18-24-17(14-6-23-15(22)5-13(14)16(20)21)25-19(26-18)28-11-4-12(28)9-30-8-11/h4-5,11-13,17H,2-3,6-10H2,1H3,(H2,23,24);7-8,12-13,17H,3-6,9-11H2,1-2H3,(H2,23,24);2*5-6,10-12,16H,2-4,7-9H2,1H3,(H2,22,23)/t11-,12?,13?;12-,13-;2*10-,11?,12?/m1111/s1. The van der Waals surface area contributed by atoms with Gasteiger partial charge in [-0.3, -0.25) is 0 Å². The van der Waals surface area contributed by atoms with Gasteiger partial charge in [-0.2, -0.15) is 59.8 Å². The Bertz CT molecular complexity index is 4940. The van der Waals surface area contributed by atoms with E-state index < -0.39 is 25.7 Å². The zero-order valence-corrected chi connectivity index (χ0v) is 68.8. The van der Waals surface area contributed by atoms with Crippen LogP contribution >= 0.6 is 0 Å². The third-order valence-corrected chi connectivity index (χ3v) is 23.0. The number of aromatic nitrogens is 16. The molecule has 8 aromatic rings. The van der Waals surface area contributed by atoms with E-state index in [0.717, 1.165) is 25.0 Å². The maximum Gasteiger partial charge on any atom is 0.264 e. The Morgan fingerprint density at radius 1 is 0.347 bits per heavy atom. The van der Waals surface area contributed by atoms with Gasteiger partial charge in [0.2, 0.25) is 47.6 Å². The number of halogens is 8. The van der Waals surface area contributed by atoms with E-state index in [-0.39, 0.29) is 158 Å².